The lowest BCUT2D eigenvalue weighted by Crippen LogP contribution is -2.49. The van der Waals surface area contributed by atoms with Crippen LogP contribution in [0.5, 0.6) is 0 Å². The highest BCUT2D eigenvalue weighted by Crippen LogP contribution is 2.20. The van der Waals surface area contributed by atoms with Crippen molar-refractivity contribution in [3.63, 3.8) is 0 Å². The predicted molar refractivity (Wildman–Crippen MR) is 77.2 cm³/mol. The maximum Gasteiger partial charge on any atom is 0.128 e. The van der Waals surface area contributed by atoms with Crippen LogP contribution in [0.4, 0.5) is 5.82 Å². The van der Waals surface area contributed by atoms with E-state index in [-0.39, 0.29) is 0 Å². The van der Waals surface area contributed by atoms with Gasteiger partial charge in [0.25, 0.3) is 0 Å². The largest absolute Gasteiger partial charge is 0.354 e. The first-order valence-corrected chi connectivity index (χ1v) is 7.03. The summed E-state index contributed by atoms with van der Waals surface area (Å²) in [6.07, 6.45) is 1.94. The van der Waals surface area contributed by atoms with Gasteiger partial charge in [-0.2, -0.15) is 0 Å². The molecule has 18 heavy (non-hydrogen) atoms. The van der Waals surface area contributed by atoms with Gasteiger partial charge in [-0.1, -0.05) is 13.8 Å². The van der Waals surface area contributed by atoms with Crippen molar-refractivity contribution in [2.75, 3.05) is 31.1 Å². The second-order valence-corrected chi connectivity index (χ2v) is 5.72. The Morgan fingerprint density at radius 1 is 1.06 bits per heavy atom. The van der Waals surface area contributed by atoms with Gasteiger partial charge in [0.1, 0.15) is 5.82 Å². The SMILES string of the molecule is CC(C)c1ccnc(N2CCN(C(C)C)CC2)c1. The summed E-state index contributed by atoms with van der Waals surface area (Å²) >= 11 is 0. The number of piperazine rings is 1. The van der Waals surface area contributed by atoms with E-state index in [0.29, 0.717) is 12.0 Å². The predicted octanol–water partition coefficient (Wildman–Crippen LogP) is 2.74. The lowest BCUT2D eigenvalue weighted by atomic mass is 10.0. The second kappa shape index (κ2) is 5.70. The average Bonchev–Trinajstić information content (AvgIpc) is 2.39. The lowest BCUT2D eigenvalue weighted by molar-refractivity contribution is 0.209. The van der Waals surface area contributed by atoms with Gasteiger partial charge in [0.15, 0.2) is 0 Å². The molecule has 1 aromatic heterocycles. The summed E-state index contributed by atoms with van der Waals surface area (Å²) in [5, 5.41) is 0. The Bertz CT molecular complexity index is 379. The molecule has 1 saturated heterocycles. The molecule has 0 saturated carbocycles. The van der Waals surface area contributed by atoms with Gasteiger partial charge in [-0.3, -0.25) is 4.90 Å². The zero-order valence-corrected chi connectivity index (χ0v) is 12.1. The van der Waals surface area contributed by atoms with Crippen LogP contribution in [0.25, 0.3) is 0 Å². The van der Waals surface area contributed by atoms with Crippen LogP contribution >= 0.6 is 0 Å². The minimum Gasteiger partial charge on any atom is -0.354 e. The first-order valence-electron chi connectivity index (χ1n) is 7.03. The maximum absolute atomic E-state index is 4.52. The van der Waals surface area contributed by atoms with E-state index in [1.165, 1.54) is 5.56 Å². The van der Waals surface area contributed by atoms with Crippen molar-refractivity contribution >= 4 is 5.82 Å². The molecule has 0 N–H and O–H groups in total. The number of hydrogen-bond donors (Lipinski definition) is 0. The first-order chi connectivity index (χ1) is 8.58. The Balaban J connectivity index is 2.03. The van der Waals surface area contributed by atoms with Gasteiger partial charge < -0.3 is 4.90 Å². The maximum atomic E-state index is 4.52. The third kappa shape index (κ3) is 3.02. The highest BCUT2D eigenvalue weighted by Gasteiger charge is 2.19. The minimum atomic E-state index is 0.573. The molecule has 0 unspecified atom stereocenters. The number of nitrogens with zero attached hydrogens (tertiary/aromatic N) is 3. The van der Waals surface area contributed by atoms with E-state index < -0.39 is 0 Å². The molecule has 0 atom stereocenters. The zero-order chi connectivity index (χ0) is 13.1. The molecule has 1 aliphatic rings. The number of aromatic nitrogens is 1. The van der Waals surface area contributed by atoms with Gasteiger partial charge in [-0.05, 0) is 37.5 Å². The molecule has 0 aliphatic carbocycles. The average molecular weight is 247 g/mol. The van der Waals surface area contributed by atoms with Crippen molar-refractivity contribution < 1.29 is 0 Å². The highest BCUT2D eigenvalue weighted by atomic mass is 15.3. The summed E-state index contributed by atoms with van der Waals surface area (Å²) in [4.78, 5) is 9.46. The van der Waals surface area contributed by atoms with Crippen molar-refractivity contribution in [1.82, 2.24) is 9.88 Å². The number of pyridine rings is 1. The summed E-state index contributed by atoms with van der Waals surface area (Å²) < 4.78 is 0. The van der Waals surface area contributed by atoms with Gasteiger partial charge in [0.2, 0.25) is 0 Å². The molecule has 0 bridgehead atoms. The van der Waals surface area contributed by atoms with Crippen LogP contribution in [0, 0.1) is 0 Å². The summed E-state index contributed by atoms with van der Waals surface area (Å²) in [6.45, 7) is 13.5. The molecular formula is C15H25N3. The fourth-order valence-electron chi connectivity index (χ4n) is 2.43. The molecule has 100 valence electrons. The molecule has 2 heterocycles. The molecule has 0 aromatic carbocycles. The van der Waals surface area contributed by atoms with Crippen LogP contribution in [0.2, 0.25) is 0 Å². The molecule has 2 rings (SSSR count). The summed E-state index contributed by atoms with van der Waals surface area (Å²) in [7, 11) is 0. The van der Waals surface area contributed by atoms with Crippen molar-refractivity contribution in [2.45, 2.75) is 39.7 Å². The Hall–Kier alpha value is -1.09. The topological polar surface area (TPSA) is 19.4 Å². The van der Waals surface area contributed by atoms with E-state index >= 15 is 0 Å². The van der Waals surface area contributed by atoms with E-state index in [1.807, 2.05) is 6.20 Å². The zero-order valence-electron chi connectivity index (χ0n) is 12.1. The second-order valence-electron chi connectivity index (χ2n) is 5.72. The quantitative estimate of drug-likeness (QED) is 0.818. The number of hydrogen-bond acceptors (Lipinski definition) is 3. The fourth-order valence-corrected chi connectivity index (χ4v) is 2.43. The molecule has 1 fully saturated rings. The van der Waals surface area contributed by atoms with Gasteiger partial charge in [-0.25, -0.2) is 4.98 Å². The van der Waals surface area contributed by atoms with E-state index in [4.69, 9.17) is 0 Å². The molecule has 3 heteroatoms. The van der Waals surface area contributed by atoms with Crippen LogP contribution < -0.4 is 4.90 Å². The molecular weight excluding hydrogens is 222 g/mol. The highest BCUT2D eigenvalue weighted by molar-refractivity contribution is 5.42. The van der Waals surface area contributed by atoms with E-state index in [2.05, 4.69) is 54.6 Å². The summed E-state index contributed by atoms with van der Waals surface area (Å²) in [5.74, 6) is 1.72. The summed E-state index contributed by atoms with van der Waals surface area (Å²) in [6, 6.07) is 5.02. The molecule has 0 spiro atoms. The smallest absolute Gasteiger partial charge is 0.128 e. The monoisotopic (exact) mass is 247 g/mol. The molecule has 1 aliphatic heterocycles. The minimum absolute atomic E-state index is 0.573. The van der Waals surface area contributed by atoms with Crippen LogP contribution in [0.15, 0.2) is 18.3 Å². The Kier molecular flexibility index (Phi) is 4.23. The van der Waals surface area contributed by atoms with Crippen LogP contribution in [0.1, 0.15) is 39.2 Å². The Morgan fingerprint density at radius 2 is 1.72 bits per heavy atom. The number of rotatable bonds is 3. The normalized spacial score (nSPS) is 17.8. The number of anilines is 1. The third-order valence-corrected chi connectivity index (χ3v) is 3.80. The van der Waals surface area contributed by atoms with E-state index in [9.17, 15) is 0 Å². The van der Waals surface area contributed by atoms with Crippen LogP contribution in [-0.2, 0) is 0 Å². The molecule has 3 nitrogen and oxygen atoms in total. The van der Waals surface area contributed by atoms with E-state index in [0.717, 1.165) is 32.0 Å². The standard InChI is InChI=1S/C15H25N3/c1-12(2)14-5-6-16-15(11-14)18-9-7-17(8-10-18)13(3)4/h5-6,11-13H,7-10H2,1-4H3. The molecule has 1 aromatic rings. The van der Waals surface area contributed by atoms with Crippen molar-refractivity contribution in [1.29, 1.82) is 0 Å². The van der Waals surface area contributed by atoms with Gasteiger partial charge in [0.05, 0.1) is 0 Å². The molecule has 0 radical (unpaired) electrons. The van der Waals surface area contributed by atoms with Crippen LogP contribution in [0.3, 0.4) is 0 Å². The Morgan fingerprint density at radius 3 is 2.28 bits per heavy atom. The Labute approximate surface area is 111 Å². The summed E-state index contributed by atoms with van der Waals surface area (Å²) in [5.41, 5.74) is 1.38. The van der Waals surface area contributed by atoms with Crippen LogP contribution in [-0.4, -0.2) is 42.1 Å². The molecule has 0 amide bonds. The lowest BCUT2D eigenvalue weighted by Gasteiger charge is -2.37. The van der Waals surface area contributed by atoms with Gasteiger partial charge in [0, 0.05) is 38.4 Å². The van der Waals surface area contributed by atoms with E-state index in [1.54, 1.807) is 0 Å². The first kappa shape index (κ1) is 13.3. The van der Waals surface area contributed by atoms with Crippen molar-refractivity contribution in [3.05, 3.63) is 23.9 Å². The van der Waals surface area contributed by atoms with Crippen molar-refractivity contribution in [3.8, 4) is 0 Å². The van der Waals surface area contributed by atoms with Gasteiger partial charge >= 0.3 is 0 Å². The third-order valence-electron chi connectivity index (χ3n) is 3.80. The van der Waals surface area contributed by atoms with Gasteiger partial charge in [-0.15, -0.1) is 0 Å². The van der Waals surface area contributed by atoms with Crippen molar-refractivity contribution in [2.24, 2.45) is 0 Å². The fraction of sp³-hybridized carbons (Fsp3) is 0.667.